The van der Waals surface area contributed by atoms with Gasteiger partial charge in [0.15, 0.2) is 5.76 Å². The second-order valence-electron chi connectivity index (χ2n) is 8.38. The van der Waals surface area contributed by atoms with E-state index in [0.29, 0.717) is 36.5 Å². The van der Waals surface area contributed by atoms with Crippen molar-refractivity contribution >= 4 is 17.6 Å². The summed E-state index contributed by atoms with van der Waals surface area (Å²) >= 11 is 0. The normalized spacial score (nSPS) is 25.0. The Hall–Kier alpha value is -2.13. The van der Waals surface area contributed by atoms with E-state index < -0.39 is 6.10 Å². The molecule has 1 saturated heterocycles. The molecule has 30 heavy (non-hydrogen) atoms. The molecule has 9 nitrogen and oxygen atoms in total. The number of rotatable bonds is 7. The number of aromatic nitrogens is 1. The molecule has 1 aromatic heterocycles. The number of hydrogen-bond acceptors (Lipinski definition) is 6. The molecule has 2 aliphatic rings. The first kappa shape index (κ1) is 22.6. The smallest absolute Gasteiger partial charge is 0.319 e. The molecule has 0 unspecified atom stereocenters. The van der Waals surface area contributed by atoms with Crippen molar-refractivity contribution in [3.63, 3.8) is 0 Å². The van der Waals surface area contributed by atoms with Gasteiger partial charge in [-0.15, -0.1) is 0 Å². The minimum Gasteiger partial charge on any atom is -0.394 e. The van der Waals surface area contributed by atoms with Crippen LogP contribution in [0.5, 0.6) is 0 Å². The maximum atomic E-state index is 12.3. The molecule has 3 rings (SSSR count). The molecule has 0 radical (unpaired) electrons. The van der Waals surface area contributed by atoms with Crippen LogP contribution in [-0.4, -0.2) is 53.6 Å². The largest absolute Gasteiger partial charge is 0.394 e. The van der Waals surface area contributed by atoms with Gasteiger partial charge in [0.25, 0.3) is 0 Å². The van der Waals surface area contributed by atoms with Crippen molar-refractivity contribution in [1.82, 2.24) is 15.8 Å². The molecule has 1 aromatic rings. The van der Waals surface area contributed by atoms with E-state index in [1.807, 2.05) is 0 Å². The Kier molecular flexibility index (Phi) is 8.09. The standard InChI is InChI=1S/C21H34N4O5/c1-13-19(14(2)30-25-13)24-21(28)23-17-9-8-16(29-18(17)12-26)10-11-22-20(27)15-6-4-3-5-7-15/h15-18,26H,3-12H2,1-2H3,(H,22,27)(H2,23,24,28)/t16-,17-,18+/m0/s1. The number of nitrogens with zero attached hydrogens (tertiary/aromatic N) is 1. The third kappa shape index (κ3) is 5.95. The summed E-state index contributed by atoms with van der Waals surface area (Å²) in [5, 5.41) is 22.2. The Labute approximate surface area is 177 Å². The van der Waals surface area contributed by atoms with Gasteiger partial charge in [-0.25, -0.2) is 4.79 Å². The van der Waals surface area contributed by atoms with Crippen LogP contribution in [0, 0.1) is 19.8 Å². The van der Waals surface area contributed by atoms with Gasteiger partial charge in [-0.3, -0.25) is 4.79 Å². The second-order valence-corrected chi connectivity index (χ2v) is 8.38. The van der Waals surface area contributed by atoms with Crippen molar-refractivity contribution < 1.29 is 24.0 Å². The van der Waals surface area contributed by atoms with Crippen LogP contribution in [0.2, 0.25) is 0 Å². The van der Waals surface area contributed by atoms with E-state index in [2.05, 4.69) is 21.1 Å². The zero-order valence-corrected chi connectivity index (χ0v) is 17.9. The Bertz CT molecular complexity index is 697. The molecule has 2 heterocycles. The van der Waals surface area contributed by atoms with E-state index in [1.165, 1.54) is 6.42 Å². The number of carbonyl (C=O) groups excluding carboxylic acids is 2. The van der Waals surface area contributed by atoms with Gasteiger partial charge >= 0.3 is 6.03 Å². The molecule has 1 aliphatic carbocycles. The number of carbonyl (C=O) groups is 2. The molecule has 0 bridgehead atoms. The number of urea groups is 1. The molecule has 0 spiro atoms. The highest BCUT2D eigenvalue weighted by Gasteiger charge is 2.32. The highest BCUT2D eigenvalue weighted by atomic mass is 16.5. The second kappa shape index (κ2) is 10.8. The predicted molar refractivity (Wildman–Crippen MR) is 111 cm³/mol. The van der Waals surface area contributed by atoms with Gasteiger partial charge < -0.3 is 30.3 Å². The average molecular weight is 423 g/mol. The number of ether oxygens (including phenoxy) is 1. The summed E-state index contributed by atoms with van der Waals surface area (Å²) in [4.78, 5) is 24.6. The third-order valence-corrected chi connectivity index (χ3v) is 6.13. The maximum Gasteiger partial charge on any atom is 0.319 e. The number of aliphatic hydroxyl groups excluding tert-OH is 1. The Morgan fingerprint density at radius 3 is 2.57 bits per heavy atom. The van der Waals surface area contributed by atoms with E-state index in [4.69, 9.17) is 9.26 Å². The fraction of sp³-hybridized carbons (Fsp3) is 0.762. The lowest BCUT2D eigenvalue weighted by atomic mass is 9.88. The van der Waals surface area contributed by atoms with Crippen molar-refractivity contribution in [2.24, 2.45) is 5.92 Å². The van der Waals surface area contributed by atoms with Gasteiger partial charge in [0.1, 0.15) is 17.5 Å². The molecular formula is C21H34N4O5. The fourth-order valence-corrected chi connectivity index (χ4v) is 4.35. The van der Waals surface area contributed by atoms with Crippen LogP contribution in [0.15, 0.2) is 4.52 Å². The topological polar surface area (TPSA) is 126 Å². The molecule has 2 fully saturated rings. The number of hydrogen-bond donors (Lipinski definition) is 4. The van der Waals surface area contributed by atoms with Gasteiger partial charge in [0.2, 0.25) is 5.91 Å². The van der Waals surface area contributed by atoms with Crippen molar-refractivity contribution in [2.75, 3.05) is 18.5 Å². The average Bonchev–Trinajstić information content (AvgIpc) is 3.07. The molecule has 1 aliphatic heterocycles. The van der Waals surface area contributed by atoms with Crippen LogP contribution in [0.25, 0.3) is 0 Å². The van der Waals surface area contributed by atoms with Crippen molar-refractivity contribution in [3.8, 4) is 0 Å². The van der Waals surface area contributed by atoms with Crippen molar-refractivity contribution in [2.45, 2.75) is 83.5 Å². The summed E-state index contributed by atoms with van der Waals surface area (Å²) in [6.07, 6.45) is 7.11. The summed E-state index contributed by atoms with van der Waals surface area (Å²) in [5.74, 6) is 0.845. The molecular weight excluding hydrogens is 388 g/mol. The number of nitrogens with one attached hydrogen (secondary N) is 3. The van der Waals surface area contributed by atoms with Crippen LogP contribution in [0.1, 0.15) is 62.8 Å². The molecule has 3 amide bonds. The zero-order chi connectivity index (χ0) is 21.5. The van der Waals surface area contributed by atoms with E-state index in [9.17, 15) is 14.7 Å². The fourth-order valence-electron chi connectivity index (χ4n) is 4.35. The van der Waals surface area contributed by atoms with Gasteiger partial charge in [-0.1, -0.05) is 24.4 Å². The van der Waals surface area contributed by atoms with E-state index in [-0.39, 0.29) is 36.6 Å². The number of aryl methyl sites for hydroxylation is 2. The van der Waals surface area contributed by atoms with Gasteiger partial charge in [-0.05, 0) is 46.0 Å². The van der Waals surface area contributed by atoms with Gasteiger partial charge in [0, 0.05) is 12.5 Å². The first-order valence-electron chi connectivity index (χ1n) is 11.0. The number of anilines is 1. The lowest BCUT2D eigenvalue weighted by Gasteiger charge is -2.36. The summed E-state index contributed by atoms with van der Waals surface area (Å²) in [7, 11) is 0. The van der Waals surface area contributed by atoms with Gasteiger partial charge in [-0.2, -0.15) is 0 Å². The Morgan fingerprint density at radius 2 is 1.90 bits per heavy atom. The lowest BCUT2D eigenvalue weighted by Crippen LogP contribution is -2.52. The van der Waals surface area contributed by atoms with Crippen molar-refractivity contribution in [1.29, 1.82) is 0 Å². The first-order chi connectivity index (χ1) is 14.5. The van der Waals surface area contributed by atoms with Crippen molar-refractivity contribution in [3.05, 3.63) is 11.5 Å². The quantitative estimate of drug-likeness (QED) is 0.535. The molecule has 0 aromatic carbocycles. The number of aliphatic hydroxyl groups is 1. The SMILES string of the molecule is Cc1noc(C)c1NC(=O)N[C@H]1CC[C@@H](CCNC(=O)C2CCCCC2)O[C@@H]1CO. The first-order valence-corrected chi connectivity index (χ1v) is 11.0. The highest BCUT2D eigenvalue weighted by Crippen LogP contribution is 2.25. The van der Waals surface area contributed by atoms with Crippen LogP contribution in [0.4, 0.5) is 10.5 Å². The lowest BCUT2D eigenvalue weighted by molar-refractivity contribution is -0.126. The zero-order valence-electron chi connectivity index (χ0n) is 17.9. The monoisotopic (exact) mass is 422 g/mol. The van der Waals surface area contributed by atoms with Crippen LogP contribution >= 0.6 is 0 Å². The summed E-state index contributed by atoms with van der Waals surface area (Å²) in [5.41, 5.74) is 1.16. The van der Waals surface area contributed by atoms with Crippen LogP contribution in [0.3, 0.4) is 0 Å². The third-order valence-electron chi connectivity index (χ3n) is 6.13. The Morgan fingerprint density at radius 1 is 1.13 bits per heavy atom. The van der Waals surface area contributed by atoms with Gasteiger partial charge in [0.05, 0.1) is 18.8 Å². The minimum atomic E-state index is -0.479. The molecule has 168 valence electrons. The summed E-state index contributed by atoms with van der Waals surface area (Å²) in [6, 6.07) is -0.668. The summed E-state index contributed by atoms with van der Waals surface area (Å²) in [6.45, 7) is 3.88. The molecule has 4 N–H and O–H groups in total. The number of amides is 3. The van der Waals surface area contributed by atoms with E-state index in [0.717, 1.165) is 32.1 Å². The molecule has 1 saturated carbocycles. The summed E-state index contributed by atoms with van der Waals surface area (Å²) < 4.78 is 11.0. The maximum absolute atomic E-state index is 12.3. The minimum absolute atomic E-state index is 0.0440. The Balaban J connectivity index is 1.40. The van der Waals surface area contributed by atoms with E-state index >= 15 is 0 Å². The highest BCUT2D eigenvalue weighted by molar-refractivity contribution is 5.90. The van der Waals surface area contributed by atoms with E-state index in [1.54, 1.807) is 13.8 Å². The molecule has 3 atom stereocenters. The van der Waals surface area contributed by atoms with Crippen LogP contribution in [-0.2, 0) is 9.53 Å². The van der Waals surface area contributed by atoms with Crippen LogP contribution < -0.4 is 16.0 Å². The predicted octanol–water partition coefficient (Wildman–Crippen LogP) is 2.41. The molecule has 9 heteroatoms.